The summed E-state index contributed by atoms with van der Waals surface area (Å²) in [4.78, 5) is 8.92. The number of benzene rings is 1. The summed E-state index contributed by atoms with van der Waals surface area (Å²) in [6.07, 6.45) is 2.14. The van der Waals surface area contributed by atoms with Crippen LogP contribution in [0.25, 0.3) is 0 Å². The zero-order valence-electron chi connectivity index (χ0n) is 14.2. The number of anilines is 2. The summed E-state index contributed by atoms with van der Waals surface area (Å²) in [5.41, 5.74) is 6.95. The number of aromatic amines is 1. The summed E-state index contributed by atoms with van der Waals surface area (Å²) in [6, 6.07) is 8.71. The molecule has 7 heteroatoms. The number of nitrogen functional groups attached to an aromatic ring is 1. The molecule has 24 heavy (non-hydrogen) atoms. The Balaban J connectivity index is 1.52. The average molecular weight is 349 g/mol. The Morgan fingerprint density at radius 3 is 2.75 bits per heavy atom. The first kappa shape index (κ1) is 17.0. The molecule has 6 nitrogen and oxygen atoms in total. The smallest absolute Gasteiger partial charge is 0.246 e. The van der Waals surface area contributed by atoms with Crippen LogP contribution in [0.15, 0.2) is 24.3 Å². The van der Waals surface area contributed by atoms with Crippen molar-refractivity contribution >= 4 is 23.5 Å². The molecule has 1 aliphatic heterocycles. The van der Waals surface area contributed by atoms with Gasteiger partial charge in [-0.25, -0.2) is 5.10 Å². The number of likely N-dealkylation sites (N-methyl/N-ethyl adjacent to an activating group) is 1. The van der Waals surface area contributed by atoms with E-state index in [0.29, 0.717) is 23.9 Å². The van der Waals surface area contributed by atoms with Gasteiger partial charge < -0.3 is 15.5 Å². The molecule has 3 N–H and O–H groups in total. The Bertz CT molecular complexity index is 655. The molecule has 0 saturated carbocycles. The van der Waals surface area contributed by atoms with Gasteiger partial charge in [-0.2, -0.15) is 4.98 Å². The van der Waals surface area contributed by atoms with E-state index in [-0.39, 0.29) is 0 Å². The van der Waals surface area contributed by atoms with E-state index in [1.54, 1.807) is 0 Å². The van der Waals surface area contributed by atoms with Crippen LogP contribution in [0.5, 0.6) is 0 Å². The Morgan fingerprint density at radius 1 is 1.38 bits per heavy atom. The quantitative estimate of drug-likeness (QED) is 0.868. The van der Waals surface area contributed by atoms with Crippen molar-refractivity contribution in [3.63, 3.8) is 0 Å². The lowest BCUT2D eigenvalue weighted by Gasteiger charge is -2.41. The summed E-state index contributed by atoms with van der Waals surface area (Å²) >= 11 is 5.95. The van der Waals surface area contributed by atoms with Crippen molar-refractivity contribution in [3.05, 3.63) is 34.9 Å². The number of nitrogens with two attached hydrogens (primary N) is 1. The Morgan fingerprint density at radius 2 is 2.12 bits per heavy atom. The summed E-state index contributed by atoms with van der Waals surface area (Å²) in [6.45, 7) is 5.25. The molecule has 2 heterocycles. The third-order valence-electron chi connectivity index (χ3n) is 4.87. The Kier molecular flexibility index (Phi) is 5.26. The zero-order valence-corrected chi connectivity index (χ0v) is 15.0. The zero-order chi connectivity index (χ0) is 17.1. The van der Waals surface area contributed by atoms with Gasteiger partial charge in [-0.1, -0.05) is 30.7 Å². The second kappa shape index (κ2) is 7.40. The first-order valence-corrected chi connectivity index (χ1v) is 8.78. The van der Waals surface area contributed by atoms with Crippen molar-refractivity contribution in [1.29, 1.82) is 0 Å². The van der Waals surface area contributed by atoms with Crippen LogP contribution in [0, 0.1) is 5.92 Å². The topological polar surface area (TPSA) is 74.1 Å². The molecule has 1 saturated heterocycles. The Labute approximate surface area is 148 Å². The maximum Gasteiger partial charge on any atom is 0.246 e. The van der Waals surface area contributed by atoms with Gasteiger partial charge in [0.15, 0.2) is 0 Å². The lowest BCUT2D eigenvalue weighted by molar-refractivity contribution is 0.160. The molecule has 0 bridgehead atoms. The monoisotopic (exact) mass is 348 g/mol. The molecule has 1 fully saturated rings. The van der Waals surface area contributed by atoms with Crippen molar-refractivity contribution in [2.75, 3.05) is 37.3 Å². The van der Waals surface area contributed by atoms with Crippen molar-refractivity contribution in [2.24, 2.45) is 5.92 Å². The molecule has 1 aromatic carbocycles. The van der Waals surface area contributed by atoms with E-state index in [1.165, 1.54) is 5.56 Å². The van der Waals surface area contributed by atoms with Crippen LogP contribution in [0.1, 0.15) is 18.9 Å². The molecule has 3 rings (SSSR count). The van der Waals surface area contributed by atoms with Crippen LogP contribution in [0.3, 0.4) is 0 Å². The molecule has 0 spiro atoms. The van der Waals surface area contributed by atoms with E-state index in [1.807, 2.05) is 12.1 Å². The van der Waals surface area contributed by atoms with Gasteiger partial charge in [0.2, 0.25) is 11.9 Å². The van der Waals surface area contributed by atoms with Crippen molar-refractivity contribution in [3.8, 4) is 0 Å². The van der Waals surface area contributed by atoms with Crippen LogP contribution in [-0.4, -0.2) is 52.8 Å². The van der Waals surface area contributed by atoms with Crippen LogP contribution in [0.2, 0.25) is 5.02 Å². The highest BCUT2D eigenvalue weighted by atomic mass is 35.5. The molecular weight excluding hydrogens is 324 g/mol. The number of nitrogens with one attached hydrogen (secondary N) is 1. The first-order chi connectivity index (χ1) is 11.5. The van der Waals surface area contributed by atoms with Gasteiger partial charge in [0.25, 0.3) is 0 Å². The fraction of sp³-hybridized carbons (Fsp3) is 0.529. The number of H-pyrrole nitrogens is 1. The number of rotatable bonds is 5. The van der Waals surface area contributed by atoms with E-state index in [9.17, 15) is 0 Å². The average Bonchev–Trinajstić information content (AvgIpc) is 3.00. The molecule has 0 radical (unpaired) electrons. The van der Waals surface area contributed by atoms with Crippen molar-refractivity contribution in [1.82, 2.24) is 20.1 Å². The lowest BCUT2D eigenvalue weighted by Crippen LogP contribution is -2.49. The molecule has 1 aromatic heterocycles. The van der Waals surface area contributed by atoms with Crippen molar-refractivity contribution in [2.45, 2.75) is 25.8 Å². The van der Waals surface area contributed by atoms with E-state index in [2.05, 4.69) is 51.1 Å². The largest absolute Gasteiger partial charge is 0.368 e. The van der Waals surface area contributed by atoms with E-state index in [0.717, 1.165) is 37.5 Å². The summed E-state index contributed by atoms with van der Waals surface area (Å²) < 4.78 is 0. The van der Waals surface area contributed by atoms with E-state index >= 15 is 0 Å². The number of hydrogen-bond donors (Lipinski definition) is 2. The molecule has 0 aliphatic carbocycles. The summed E-state index contributed by atoms with van der Waals surface area (Å²) in [5, 5.41) is 7.67. The summed E-state index contributed by atoms with van der Waals surface area (Å²) in [7, 11) is 2.22. The normalized spacial score (nSPS) is 21.4. The van der Waals surface area contributed by atoms with E-state index < -0.39 is 0 Å². The van der Waals surface area contributed by atoms with Gasteiger partial charge >= 0.3 is 0 Å². The van der Waals surface area contributed by atoms with Crippen molar-refractivity contribution < 1.29 is 0 Å². The molecule has 2 unspecified atom stereocenters. The molecule has 2 atom stereocenters. The number of halogens is 1. The minimum absolute atomic E-state index is 0.375. The van der Waals surface area contributed by atoms with Gasteiger partial charge in [0.05, 0.1) is 0 Å². The first-order valence-electron chi connectivity index (χ1n) is 8.40. The fourth-order valence-electron chi connectivity index (χ4n) is 3.50. The summed E-state index contributed by atoms with van der Waals surface area (Å²) in [5.74, 6) is 1.63. The minimum Gasteiger partial charge on any atom is -0.368 e. The second-order valence-corrected chi connectivity index (χ2v) is 7.09. The highest BCUT2D eigenvalue weighted by molar-refractivity contribution is 6.30. The molecule has 2 aromatic rings. The predicted molar refractivity (Wildman–Crippen MR) is 98.4 cm³/mol. The molecule has 0 amide bonds. The third-order valence-corrected chi connectivity index (χ3v) is 5.12. The Hall–Kier alpha value is -1.79. The van der Waals surface area contributed by atoms with Gasteiger partial charge in [-0.3, -0.25) is 0 Å². The highest BCUT2D eigenvalue weighted by Gasteiger charge is 2.30. The van der Waals surface area contributed by atoms with Gasteiger partial charge in [0.1, 0.15) is 0 Å². The fourth-order valence-corrected chi connectivity index (χ4v) is 3.62. The SMILES string of the molecule is CC1CN(c2n[nH]c(N)n2)CCC1N(C)CCc1ccc(Cl)cc1. The van der Waals surface area contributed by atoms with E-state index in [4.69, 9.17) is 17.3 Å². The maximum atomic E-state index is 5.95. The second-order valence-electron chi connectivity index (χ2n) is 6.66. The van der Waals surface area contributed by atoms with Crippen LogP contribution in [-0.2, 0) is 6.42 Å². The molecule has 130 valence electrons. The van der Waals surface area contributed by atoms with Crippen LogP contribution >= 0.6 is 11.6 Å². The highest BCUT2D eigenvalue weighted by Crippen LogP contribution is 2.24. The number of nitrogens with zero attached hydrogens (tertiary/aromatic N) is 4. The lowest BCUT2D eigenvalue weighted by atomic mass is 9.92. The maximum absolute atomic E-state index is 5.95. The number of piperidine rings is 1. The predicted octanol–water partition coefficient (Wildman–Crippen LogP) is 2.43. The molecule has 1 aliphatic rings. The number of hydrogen-bond acceptors (Lipinski definition) is 5. The van der Waals surface area contributed by atoms with Gasteiger partial charge in [-0.15, -0.1) is 5.10 Å². The van der Waals surface area contributed by atoms with Gasteiger partial charge in [-0.05, 0) is 43.5 Å². The van der Waals surface area contributed by atoms with Gasteiger partial charge in [0, 0.05) is 30.7 Å². The van der Waals surface area contributed by atoms with Crippen LogP contribution in [0.4, 0.5) is 11.9 Å². The molecular formula is C17H25ClN6. The standard InChI is InChI=1S/C17H25ClN6/c1-12-11-24(17-20-16(19)21-22-17)10-8-15(12)23(2)9-7-13-3-5-14(18)6-4-13/h3-6,12,15H,7-11H2,1-2H3,(H3,19,20,21,22). The number of aromatic nitrogens is 3. The minimum atomic E-state index is 0.375. The van der Waals surface area contributed by atoms with Crippen LogP contribution < -0.4 is 10.6 Å². The third kappa shape index (κ3) is 3.99.